The zero-order valence-corrected chi connectivity index (χ0v) is 22.2. The van der Waals surface area contributed by atoms with Crippen molar-refractivity contribution < 1.29 is 26.7 Å². The van der Waals surface area contributed by atoms with Gasteiger partial charge in [-0.15, -0.1) is 0 Å². The van der Waals surface area contributed by atoms with Crippen molar-refractivity contribution in [2.75, 3.05) is 22.7 Å². The molecule has 1 N–H and O–H groups in total. The molecule has 0 saturated carbocycles. The number of hydrogen-bond acceptors (Lipinski definition) is 8. The van der Waals surface area contributed by atoms with Gasteiger partial charge >= 0.3 is 0 Å². The minimum absolute atomic E-state index is 0.0466. The van der Waals surface area contributed by atoms with E-state index in [1.165, 1.54) is 38.6 Å². The number of sulfonamides is 2. The number of nitrogens with zero attached hydrogens (tertiary/aromatic N) is 4. The second-order valence-corrected chi connectivity index (χ2v) is 11.5. The van der Waals surface area contributed by atoms with Crippen LogP contribution in [0.25, 0.3) is 0 Å². The number of para-hydroxylation sites is 2. The van der Waals surface area contributed by atoms with Gasteiger partial charge in [0.05, 0.1) is 23.5 Å². The van der Waals surface area contributed by atoms with Crippen LogP contribution in [-0.4, -0.2) is 52.3 Å². The van der Waals surface area contributed by atoms with E-state index in [9.17, 15) is 26.7 Å². The molecule has 12 heteroatoms. The maximum absolute atomic E-state index is 12.5. The lowest BCUT2D eigenvalue weighted by Crippen LogP contribution is -2.28. The summed E-state index contributed by atoms with van der Waals surface area (Å²) in [6.07, 6.45) is 3.22. The highest BCUT2D eigenvalue weighted by molar-refractivity contribution is 7.93. The number of carbonyl (C=O) groups is 1. The molecule has 0 spiro atoms. The Bertz CT molecular complexity index is 1580. The Hall–Kier alpha value is -4.13. The van der Waals surface area contributed by atoms with Gasteiger partial charge in [-0.2, -0.15) is 16.8 Å². The summed E-state index contributed by atoms with van der Waals surface area (Å²) in [4.78, 5) is 18.6. The molecule has 0 fully saturated rings. The number of aldehydes is 1. The summed E-state index contributed by atoms with van der Waals surface area (Å²) in [6, 6.07) is 23.4. The van der Waals surface area contributed by atoms with Crippen molar-refractivity contribution in [3.05, 3.63) is 108 Å². The molecule has 0 atom stereocenters. The molecule has 2 aromatic carbocycles. The molecule has 0 aliphatic carbocycles. The lowest BCUT2D eigenvalue weighted by molar-refractivity contribution is 0.111. The van der Waals surface area contributed by atoms with Crippen LogP contribution in [0.15, 0.2) is 107 Å². The molecule has 2 heterocycles. The van der Waals surface area contributed by atoms with Gasteiger partial charge in [-0.25, -0.2) is 9.97 Å². The number of aromatic nitrogens is 2. The Balaban J connectivity index is 0.000000211. The maximum Gasteiger partial charge on any atom is 0.282 e. The SMILES string of the molecule is CN(c1ccccc1)S(=O)(=O)c1ncccc1C=O.CN(c1ccccc1)S(=O)(=O)c1ncccc1CO. The van der Waals surface area contributed by atoms with E-state index >= 15 is 0 Å². The zero-order valence-electron chi connectivity index (χ0n) is 20.6. The molecule has 2 aromatic heterocycles. The molecule has 38 heavy (non-hydrogen) atoms. The summed E-state index contributed by atoms with van der Waals surface area (Å²) in [5.74, 6) is 0. The number of aliphatic hydroxyl groups excluding tert-OH is 1. The van der Waals surface area contributed by atoms with Crippen LogP contribution in [0.2, 0.25) is 0 Å². The Morgan fingerprint density at radius 3 is 1.61 bits per heavy atom. The molecule has 4 rings (SSSR count). The first kappa shape index (κ1) is 28.4. The Labute approximate surface area is 222 Å². The highest BCUT2D eigenvalue weighted by atomic mass is 32.2. The summed E-state index contributed by atoms with van der Waals surface area (Å²) in [5, 5.41) is 8.85. The van der Waals surface area contributed by atoms with Crippen LogP contribution < -0.4 is 8.61 Å². The summed E-state index contributed by atoms with van der Waals surface area (Å²) >= 11 is 0. The summed E-state index contributed by atoms with van der Waals surface area (Å²) < 4.78 is 52.0. The highest BCUT2D eigenvalue weighted by Crippen LogP contribution is 2.23. The number of pyridine rings is 2. The van der Waals surface area contributed by atoms with Gasteiger partial charge in [0.25, 0.3) is 20.0 Å². The smallest absolute Gasteiger partial charge is 0.282 e. The van der Waals surface area contributed by atoms with Crippen molar-refractivity contribution in [3.63, 3.8) is 0 Å². The van der Waals surface area contributed by atoms with Gasteiger partial charge in [0.1, 0.15) is 0 Å². The molecule has 0 unspecified atom stereocenters. The second-order valence-electron chi connectivity index (χ2n) is 7.76. The van der Waals surface area contributed by atoms with Gasteiger partial charge < -0.3 is 5.11 Å². The van der Waals surface area contributed by atoms with E-state index in [1.54, 1.807) is 66.7 Å². The third kappa shape index (κ3) is 6.22. The first-order valence-electron chi connectivity index (χ1n) is 11.2. The van der Waals surface area contributed by atoms with E-state index in [-0.39, 0.29) is 27.8 Å². The molecule has 198 valence electrons. The number of benzene rings is 2. The van der Waals surface area contributed by atoms with Crippen molar-refractivity contribution in [1.29, 1.82) is 0 Å². The first-order chi connectivity index (χ1) is 18.1. The van der Waals surface area contributed by atoms with Gasteiger partial charge in [0.15, 0.2) is 16.3 Å². The molecule has 0 amide bonds. The quantitative estimate of drug-likeness (QED) is 0.328. The Morgan fingerprint density at radius 1 is 0.684 bits per heavy atom. The van der Waals surface area contributed by atoms with Gasteiger partial charge in [-0.3, -0.25) is 13.4 Å². The lowest BCUT2D eigenvalue weighted by atomic mass is 10.3. The first-order valence-corrected chi connectivity index (χ1v) is 14.1. The van der Waals surface area contributed by atoms with Crippen LogP contribution in [0, 0.1) is 0 Å². The van der Waals surface area contributed by atoms with Gasteiger partial charge in [0, 0.05) is 32.1 Å². The van der Waals surface area contributed by atoms with Crippen LogP contribution in [0.4, 0.5) is 11.4 Å². The number of rotatable bonds is 8. The Kier molecular flexibility index (Phi) is 9.29. The number of hydrogen-bond donors (Lipinski definition) is 1. The van der Waals surface area contributed by atoms with Crippen molar-refractivity contribution in [1.82, 2.24) is 9.97 Å². The van der Waals surface area contributed by atoms with Crippen LogP contribution >= 0.6 is 0 Å². The van der Waals surface area contributed by atoms with Crippen molar-refractivity contribution >= 4 is 37.7 Å². The monoisotopic (exact) mass is 554 g/mol. The summed E-state index contributed by atoms with van der Waals surface area (Å²) in [6.45, 7) is -0.370. The Morgan fingerprint density at radius 2 is 1.13 bits per heavy atom. The molecule has 0 aliphatic heterocycles. The van der Waals surface area contributed by atoms with Gasteiger partial charge in [-0.05, 0) is 42.5 Å². The maximum atomic E-state index is 12.5. The molecular weight excluding hydrogens is 528 g/mol. The fourth-order valence-electron chi connectivity index (χ4n) is 3.30. The van der Waals surface area contributed by atoms with Crippen LogP contribution in [-0.2, 0) is 26.7 Å². The summed E-state index contributed by atoms with van der Waals surface area (Å²) in [5.41, 5.74) is 1.37. The summed E-state index contributed by atoms with van der Waals surface area (Å²) in [7, 11) is -4.73. The molecular formula is C26H26N4O6S2. The number of aliphatic hydroxyl groups is 1. The van der Waals surface area contributed by atoms with E-state index in [1.807, 2.05) is 6.07 Å². The van der Waals surface area contributed by atoms with Gasteiger partial charge in [-0.1, -0.05) is 42.5 Å². The molecule has 0 aliphatic rings. The third-order valence-corrected chi connectivity index (χ3v) is 8.95. The minimum atomic E-state index is -3.84. The molecule has 0 saturated heterocycles. The van der Waals surface area contributed by atoms with Crippen LogP contribution in [0.1, 0.15) is 15.9 Å². The fourth-order valence-corrected chi connectivity index (χ4v) is 5.88. The standard InChI is InChI=1S/C13H14N2O3S.C13H12N2O3S/c2*1-15(12-7-3-2-4-8-12)19(17,18)13-11(10-16)6-5-9-14-13/h2-9,16H,10H2,1H3;2-10H,1H3. The molecule has 0 radical (unpaired) electrons. The normalized spacial score (nSPS) is 11.1. The van der Waals surface area contributed by atoms with Crippen molar-refractivity contribution in [3.8, 4) is 0 Å². The van der Waals surface area contributed by atoms with E-state index in [0.717, 1.165) is 8.61 Å². The van der Waals surface area contributed by atoms with Crippen LogP contribution in [0.5, 0.6) is 0 Å². The predicted molar refractivity (Wildman–Crippen MR) is 144 cm³/mol. The topological polar surface area (TPSA) is 138 Å². The molecule has 10 nitrogen and oxygen atoms in total. The zero-order chi connectivity index (χ0) is 27.8. The number of carbonyl (C=O) groups excluding carboxylic acids is 1. The van der Waals surface area contributed by atoms with E-state index in [0.29, 0.717) is 17.7 Å². The third-order valence-electron chi connectivity index (χ3n) is 5.40. The number of anilines is 2. The minimum Gasteiger partial charge on any atom is -0.392 e. The van der Waals surface area contributed by atoms with E-state index < -0.39 is 20.0 Å². The van der Waals surface area contributed by atoms with Crippen LogP contribution in [0.3, 0.4) is 0 Å². The molecule has 0 bridgehead atoms. The largest absolute Gasteiger partial charge is 0.392 e. The molecule has 4 aromatic rings. The second kappa shape index (κ2) is 12.4. The highest BCUT2D eigenvalue weighted by Gasteiger charge is 2.26. The van der Waals surface area contributed by atoms with Crippen molar-refractivity contribution in [2.24, 2.45) is 0 Å². The average molecular weight is 555 g/mol. The lowest BCUT2D eigenvalue weighted by Gasteiger charge is -2.19. The van der Waals surface area contributed by atoms with E-state index in [4.69, 9.17) is 0 Å². The average Bonchev–Trinajstić information content (AvgIpc) is 2.97. The van der Waals surface area contributed by atoms with E-state index in [2.05, 4.69) is 9.97 Å². The predicted octanol–water partition coefficient (Wildman–Crippen LogP) is 3.12. The van der Waals surface area contributed by atoms with Crippen molar-refractivity contribution in [2.45, 2.75) is 16.7 Å². The van der Waals surface area contributed by atoms with Gasteiger partial charge in [0.2, 0.25) is 0 Å². The fraction of sp³-hybridized carbons (Fsp3) is 0.115.